The fourth-order valence-corrected chi connectivity index (χ4v) is 1.82. The minimum Gasteiger partial charge on any atom is -0.496 e. The summed E-state index contributed by atoms with van der Waals surface area (Å²) in [6.07, 6.45) is 0.355. The highest BCUT2D eigenvalue weighted by atomic mass is 16.5. The van der Waals surface area contributed by atoms with Gasteiger partial charge >= 0.3 is 0 Å². The maximum absolute atomic E-state index is 11.5. The van der Waals surface area contributed by atoms with Crippen LogP contribution >= 0.6 is 0 Å². The molecule has 0 aromatic heterocycles. The Balaban J connectivity index is 2.69. The summed E-state index contributed by atoms with van der Waals surface area (Å²) in [5.74, 6) is 0.857. The van der Waals surface area contributed by atoms with E-state index >= 15 is 0 Å². The van der Waals surface area contributed by atoms with Crippen molar-refractivity contribution in [1.82, 2.24) is 5.32 Å². The van der Waals surface area contributed by atoms with Gasteiger partial charge in [-0.1, -0.05) is 6.07 Å². The SMILES string of the molecule is COc1ccc(CNC(=O)CC(C)N)c(C)c1C. The predicted molar refractivity (Wildman–Crippen MR) is 72.6 cm³/mol. The Bertz CT molecular complexity index is 428. The van der Waals surface area contributed by atoms with Gasteiger partial charge in [0.1, 0.15) is 5.75 Å². The van der Waals surface area contributed by atoms with Gasteiger partial charge in [0, 0.05) is 19.0 Å². The minimum atomic E-state index is -0.108. The number of benzene rings is 1. The third kappa shape index (κ3) is 3.74. The molecule has 0 saturated heterocycles. The molecule has 1 amide bonds. The van der Waals surface area contributed by atoms with Gasteiger partial charge in [0.15, 0.2) is 0 Å². The normalized spacial score (nSPS) is 12.1. The van der Waals surface area contributed by atoms with Crippen LogP contribution in [0.1, 0.15) is 30.0 Å². The molecule has 4 heteroatoms. The Hall–Kier alpha value is -1.55. The van der Waals surface area contributed by atoms with E-state index in [4.69, 9.17) is 10.5 Å². The molecule has 0 aliphatic heterocycles. The highest BCUT2D eigenvalue weighted by Crippen LogP contribution is 2.23. The molecule has 0 aliphatic rings. The summed E-state index contributed by atoms with van der Waals surface area (Å²) in [5.41, 5.74) is 8.94. The lowest BCUT2D eigenvalue weighted by Gasteiger charge is -2.13. The molecular formula is C14H22N2O2. The largest absolute Gasteiger partial charge is 0.496 e. The Labute approximate surface area is 109 Å². The summed E-state index contributed by atoms with van der Waals surface area (Å²) in [6.45, 7) is 6.40. The van der Waals surface area contributed by atoms with E-state index in [9.17, 15) is 4.79 Å². The van der Waals surface area contributed by atoms with Crippen LogP contribution in [0.2, 0.25) is 0 Å². The molecule has 4 nitrogen and oxygen atoms in total. The van der Waals surface area contributed by atoms with E-state index in [1.54, 1.807) is 7.11 Å². The van der Waals surface area contributed by atoms with E-state index in [2.05, 4.69) is 5.32 Å². The third-order valence-electron chi connectivity index (χ3n) is 3.05. The molecule has 1 rings (SSSR count). The Morgan fingerprint density at radius 3 is 2.61 bits per heavy atom. The van der Waals surface area contributed by atoms with Crippen LogP contribution in [0.3, 0.4) is 0 Å². The van der Waals surface area contributed by atoms with Gasteiger partial charge in [-0.15, -0.1) is 0 Å². The molecule has 1 aromatic rings. The molecule has 0 saturated carbocycles. The van der Waals surface area contributed by atoms with Crippen LogP contribution in [-0.2, 0) is 11.3 Å². The smallest absolute Gasteiger partial charge is 0.221 e. The van der Waals surface area contributed by atoms with Gasteiger partial charge in [-0.05, 0) is 43.5 Å². The van der Waals surface area contributed by atoms with Gasteiger partial charge in [-0.25, -0.2) is 0 Å². The molecule has 0 bridgehead atoms. The zero-order chi connectivity index (χ0) is 13.7. The Morgan fingerprint density at radius 2 is 2.06 bits per heavy atom. The van der Waals surface area contributed by atoms with Crippen molar-refractivity contribution in [3.63, 3.8) is 0 Å². The molecule has 1 aromatic carbocycles. The number of ether oxygens (including phenoxy) is 1. The molecule has 0 aliphatic carbocycles. The zero-order valence-electron chi connectivity index (χ0n) is 11.5. The van der Waals surface area contributed by atoms with Crippen LogP contribution in [-0.4, -0.2) is 19.1 Å². The van der Waals surface area contributed by atoms with Crippen molar-refractivity contribution in [1.29, 1.82) is 0 Å². The lowest BCUT2D eigenvalue weighted by Crippen LogP contribution is -2.29. The molecule has 1 unspecified atom stereocenters. The summed E-state index contributed by atoms with van der Waals surface area (Å²) >= 11 is 0. The lowest BCUT2D eigenvalue weighted by atomic mass is 10.0. The molecule has 18 heavy (non-hydrogen) atoms. The van der Waals surface area contributed by atoms with Gasteiger partial charge in [0.2, 0.25) is 5.91 Å². The van der Waals surface area contributed by atoms with Crippen LogP contribution in [0.15, 0.2) is 12.1 Å². The molecule has 3 N–H and O–H groups in total. The first-order chi connectivity index (χ1) is 8.45. The maximum atomic E-state index is 11.5. The second-order valence-electron chi connectivity index (χ2n) is 4.64. The number of rotatable bonds is 5. The topological polar surface area (TPSA) is 64.3 Å². The summed E-state index contributed by atoms with van der Waals surface area (Å²) < 4.78 is 5.26. The monoisotopic (exact) mass is 250 g/mol. The summed E-state index contributed by atoms with van der Waals surface area (Å²) in [6, 6.07) is 3.80. The van der Waals surface area contributed by atoms with Gasteiger partial charge in [-0.2, -0.15) is 0 Å². The highest BCUT2D eigenvalue weighted by Gasteiger charge is 2.09. The molecule has 1 atom stereocenters. The van der Waals surface area contributed by atoms with E-state index in [0.29, 0.717) is 13.0 Å². The first kappa shape index (κ1) is 14.5. The number of amides is 1. The van der Waals surface area contributed by atoms with Gasteiger partial charge < -0.3 is 15.8 Å². The predicted octanol–water partition coefficient (Wildman–Crippen LogP) is 1.67. The second kappa shape index (κ2) is 6.40. The molecule has 100 valence electrons. The van der Waals surface area contributed by atoms with Crippen molar-refractivity contribution in [2.24, 2.45) is 5.73 Å². The van der Waals surface area contributed by atoms with Crippen LogP contribution in [0.5, 0.6) is 5.75 Å². The van der Waals surface area contributed by atoms with Gasteiger partial charge in [0.25, 0.3) is 0 Å². The average Bonchev–Trinajstić information content (AvgIpc) is 2.30. The van der Waals surface area contributed by atoms with Gasteiger partial charge in [0.05, 0.1) is 7.11 Å². The van der Waals surface area contributed by atoms with Crippen LogP contribution < -0.4 is 15.8 Å². The minimum absolute atomic E-state index is 0.0159. The molecule has 0 spiro atoms. The molecule has 0 fully saturated rings. The zero-order valence-corrected chi connectivity index (χ0v) is 11.5. The number of nitrogens with one attached hydrogen (secondary N) is 1. The highest BCUT2D eigenvalue weighted by molar-refractivity contribution is 5.76. The Kier molecular flexibility index (Phi) is 5.16. The van der Waals surface area contributed by atoms with Crippen molar-refractivity contribution < 1.29 is 9.53 Å². The van der Waals surface area contributed by atoms with Crippen LogP contribution in [0.25, 0.3) is 0 Å². The van der Waals surface area contributed by atoms with E-state index in [0.717, 1.165) is 22.4 Å². The quantitative estimate of drug-likeness (QED) is 0.835. The van der Waals surface area contributed by atoms with Crippen molar-refractivity contribution in [2.75, 3.05) is 7.11 Å². The number of methoxy groups -OCH3 is 1. The Morgan fingerprint density at radius 1 is 1.39 bits per heavy atom. The molecule has 0 radical (unpaired) electrons. The standard InChI is InChI=1S/C14H22N2O2/c1-9(15)7-14(17)16-8-12-5-6-13(18-4)11(3)10(12)2/h5-6,9H,7-8,15H2,1-4H3,(H,16,17). The second-order valence-corrected chi connectivity index (χ2v) is 4.64. The average molecular weight is 250 g/mol. The summed E-state index contributed by atoms with van der Waals surface area (Å²) in [5, 5.41) is 2.88. The van der Waals surface area contributed by atoms with Crippen LogP contribution in [0.4, 0.5) is 0 Å². The van der Waals surface area contributed by atoms with E-state index < -0.39 is 0 Å². The number of nitrogens with two attached hydrogens (primary N) is 1. The van der Waals surface area contributed by atoms with E-state index in [1.165, 1.54) is 0 Å². The van der Waals surface area contributed by atoms with Crippen LogP contribution in [0, 0.1) is 13.8 Å². The summed E-state index contributed by atoms with van der Waals surface area (Å²) in [4.78, 5) is 11.5. The molecule has 0 heterocycles. The maximum Gasteiger partial charge on any atom is 0.221 e. The van der Waals surface area contributed by atoms with Gasteiger partial charge in [-0.3, -0.25) is 4.79 Å². The van der Waals surface area contributed by atoms with Crippen molar-refractivity contribution in [2.45, 2.75) is 39.8 Å². The van der Waals surface area contributed by atoms with Crippen molar-refractivity contribution >= 4 is 5.91 Å². The van der Waals surface area contributed by atoms with E-state index in [-0.39, 0.29) is 11.9 Å². The fourth-order valence-electron chi connectivity index (χ4n) is 1.82. The summed E-state index contributed by atoms with van der Waals surface area (Å²) in [7, 11) is 1.66. The third-order valence-corrected chi connectivity index (χ3v) is 3.05. The van der Waals surface area contributed by atoms with Crippen molar-refractivity contribution in [3.8, 4) is 5.75 Å². The number of carbonyl (C=O) groups excluding carboxylic acids is 1. The van der Waals surface area contributed by atoms with E-state index in [1.807, 2.05) is 32.9 Å². The fraction of sp³-hybridized carbons (Fsp3) is 0.500. The first-order valence-electron chi connectivity index (χ1n) is 6.11. The number of hydrogen-bond donors (Lipinski definition) is 2. The molecular weight excluding hydrogens is 228 g/mol. The van der Waals surface area contributed by atoms with Crippen molar-refractivity contribution in [3.05, 3.63) is 28.8 Å². The first-order valence-corrected chi connectivity index (χ1v) is 6.11. The number of hydrogen-bond acceptors (Lipinski definition) is 3. The lowest BCUT2D eigenvalue weighted by molar-refractivity contribution is -0.121. The number of carbonyl (C=O) groups is 1.